The molecule has 0 fully saturated rings. The molecule has 0 bridgehead atoms. The summed E-state index contributed by atoms with van der Waals surface area (Å²) in [5, 5.41) is 0. The van der Waals surface area contributed by atoms with E-state index < -0.39 is 24.1 Å². The minimum absolute atomic E-state index is 0.316. The van der Waals surface area contributed by atoms with Crippen LogP contribution >= 0.6 is 0 Å². The van der Waals surface area contributed by atoms with Gasteiger partial charge >= 0.3 is 5.97 Å². The van der Waals surface area contributed by atoms with Crippen LogP contribution in [0, 0.1) is 0 Å². The van der Waals surface area contributed by atoms with Crippen LogP contribution in [0.4, 0.5) is 0 Å². The van der Waals surface area contributed by atoms with Gasteiger partial charge in [0, 0.05) is 12.5 Å². The van der Waals surface area contributed by atoms with Gasteiger partial charge in [0.15, 0.2) is 28.6 Å². The minimum Gasteiger partial charge on any atom is -0.463 e. The van der Waals surface area contributed by atoms with E-state index in [2.05, 4.69) is 26.2 Å². The Morgan fingerprint density at radius 2 is 1.75 bits per heavy atom. The lowest BCUT2D eigenvalue weighted by atomic mass is 10.3. The third kappa shape index (κ3) is 8.82. The average molecular weight is 337 g/mol. The first-order valence-electron chi connectivity index (χ1n) is 7.05. The number of esters is 1. The maximum atomic E-state index is 11.2. The van der Waals surface area contributed by atoms with Crippen molar-refractivity contribution in [2.24, 2.45) is 0 Å². The van der Waals surface area contributed by atoms with Gasteiger partial charge in [-0.3, -0.25) is 0 Å². The van der Waals surface area contributed by atoms with Crippen molar-refractivity contribution in [1.82, 2.24) is 0 Å². The molecule has 0 atom stereocenters. The van der Waals surface area contributed by atoms with Gasteiger partial charge in [-0.15, -0.1) is 0 Å². The number of hydrogen-bond acceptors (Lipinski definition) is 5. The number of allylic oxidation sites excluding steroid dienone is 1. The van der Waals surface area contributed by atoms with E-state index >= 15 is 0 Å². The Bertz CT molecular complexity index is 297. The number of ether oxygens (including phenoxy) is 1. The van der Waals surface area contributed by atoms with Crippen molar-refractivity contribution in [3.05, 3.63) is 12.2 Å². The second-order valence-corrected chi connectivity index (χ2v) is 10.1. The van der Waals surface area contributed by atoms with E-state index in [1.54, 1.807) is 13.0 Å². The van der Waals surface area contributed by atoms with Crippen molar-refractivity contribution in [2.75, 3.05) is 6.61 Å². The lowest BCUT2D eigenvalue weighted by Gasteiger charge is -2.36. The number of carbonyl (C=O) groups is 1. The Morgan fingerprint density at radius 1 is 1.20 bits per heavy atom. The summed E-state index contributed by atoms with van der Waals surface area (Å²) in [6.07, 6.45) is 4.32. The molecular formula is C12H28O5Si3. The molecule has 118 valence electrons. The van der Waals surface area contributed by atoms with Crippen LogP contribution in [0.15, 0.2) is 12.2 Å². The molecule has 0 aromatic rings. The highest BCUT2D eigenvalue weighted by Crippen LogP contribution is 2.23. The molecule has 0 aromatic heterocycles. The van der Waals surface area contributed by atoms with Crippen LogP contribution in [0.3, 0.4) is 0 Å². The molecule has 0 radical (unpaired) electrons. The van der Waals surface area contributed by atoms with Crippen LogP contribution in [0.5, 0.6) is 0 Å². The monoisotopic (exact) mass is 336 g/mol. The standard InChI is InChI=1S/C12H28O5Si3/c1-6-8-11(13)14-10-7-9-12(15-18,16-19(2)3)17-20(4)5/h6,8,19-20H,7,9-10H2,1-5,18H3. The summed E-state index contributed by atoms with van der Waals surface area (Å²) in [4.78, 5) is 11.2. The fourth-order valence-corrected chi connectivity index (χ4v) is 4.58. The molecule has 8 heteroatoms. The fourth-order valence-electron chi connectivity index (χ4n) is 1.71. The van der Waals surface area contributed by atoms with Crippen LogP contribution in [0.25, 0.3) is 0 Å². The molecule has 0 amide bonds. The summed E-state index contributed by atoms with van der Waals surface area (Å²) in [7, 11) is -2.01. The summed E-state index contributed by atoms with van der Waals surface area (Å²) in [6, 6.07) is 0. The van der Waals surface area contributed by atoms with Gasteiger partial charge in [0.2, 0.25) is 0 Å². The van der Waals surface area contributed by atoms with Crippen molar-refractivity contribution < 1.29 is 22.8 Å². The third-order valence-corrected chi connectivity index (χ3v) is 4.60. The smallest absolute Gasteiger partial charge is 0.330 e. The lowest BCUT2D eigenvalue weighted by molar-refractivity contribution is -0.263. The van der Waals surface area contributed by atoms with Crippen molar-refractivity contribution in [3.8, 4) is 0 Å². The number of hydrogen-bond donors (Lipinski definition) is 0. The van der Waals surface area contributed by atoms with Gasteiger partial charge < -0.3 is 18.0 Å². The van der Waals surface area contributed by atoms with Gasteiger partial charge in [0.25, 0.3) is 5.97 Å². The molecule has 0 aliphatic heterocycles. The van der Waals surface area contributed by atoms with Crippen LogP contribution in [0.2, 0.25) is 26.2 Å². The summed E-state index contributed by atoms with van der Waals surface area (Å²) < 4.78 is 22.6. The lowest BCUT2D eigenvalue weighted by Crippen LogP contribution is -2.45. The van der Waals surface area contributed by atoms with Crippen molar-refractivity contribution >= 4 is 34.5 Å². The summed E-state index contributed by atoms with van der Waals surface area (Å²) in [5.41, 5.74) is 0. The van der Waals surface area contributed by atoms with Gasteiger partial charge in [0.1, 0.15) is 0 Å². The van der Waals surface area contributed by atoms with Gasteiger partial charge in [-0.2, -0.15) is 0 Å². The Labute approximate surface area is 128 Å². The van der Waals surface area contributed by atoms with Crippen LogP contribution in [-0.2, 0) is 22.8 Å². The average Bonchev–Trinajstić information content (AvgIpc) is 2.33. The largest absolute Gasteiger partial charge is 0.463 e. The molecule has 0 rings (SSSR count). The van der Waals surface area contributed by atoms with E-state index in [1.807, 2.05) is 0 Å². The quantitative estimate of drug-likeness (QED) is 0.194. The molecule has 0 saturated heterocycles. The predicted octanol–water partition coefficient (Wildman–Crippen LogP) is 0.837. The summed E-state index contributed by atoms with van der Waals surface area (Å²) in [5.74, 6) is -1.22. The molecule has 0 spiro atoms. The van der Waals surface area contributed by atoms with Gasteiger partial charge in [-0.1, -0.05) is 6.08 Å². The van der Waals surface area contributed by atoms with Crippen molar-refractivity contribution in [3.63, 3.8) is 0 Å². The first kappa shape index (κ1) is 19.7. The molecule has 20 heavy (non-hydrogen) atoms. The highest BCUT2D eigenvalue weighted by Gasteiger charge is 2.33. The molecule has 0 heterocycles. The summed E-state index contributed by atoms with van der Waals surface area (Å²) >= 11 is 0. The second-order valence-electron chi connectivity index (χ2n) is 4.99. The van der Waals surface area contributed by atoms with Crippen LogP contribution < -0.4 is 0 Å². The maximum absolute atomic E-state index is 11.2. The first-order valence-corrected chi connectivity index (χ1v) is 13.4. The molecule has 5 nitrogen and oxygen atoms in total. The highest BCUT2D eigenvalue weighted by atomic mass is 28.3. The van der Waals surface area contributed by atoms with E-state index in [4.69, 9.17) is 18.0 Å². The summed E-state index contributed by atoms with van der Waals surface area (Å²) in [6.45, 7) is 10.5. The highest BCUT2D eigenvalue weighted by molar-refractivity contribution is 6.49. The Hall–Kier alpha value is -0.259. The number of rotatable bonds is 10. The van der Waals surface area contributed by atoms with Crippen molar-refractivity contribution in [2.45, 2.75) is 51.9 Å². The predicted molar refractivity (Wildman–Crippen MR) is 88.7 cm³/mol. The zero-order valence-corrected chi connectivity index (χ0v) is 17.8. The van der Waals surface area contributed by atoms with Crippen LogP contribution in [0.1, 0.15) is 19.8 Å². The topological polar surface area (TPSA) is 54.0 Å². The molecule has 0 saturated carbocycles. The molecule has 0 aliphatic carbocycles. The molecule has 0 unspecified atom stereocenters. The maximum Gasteiger partial charge on any atom is 0.330 e. The Kier molecular flexibility index (Phi) is 10.3. The molecule has 0 aromatic carbocycles. The van der Waals surface area contributed by atoms with Crippen LogP contribution in [-0.4, -0.2) is 47.1 Å². The zero-order chi connectivity index (χ0) is 15.6. The third-order valence-electron chi connectivity index (χ3n) is 2.32. The molecular weight excluding hydrogens is 308 g/mol. The van der Waals surface area contributed by atoms with E-state index in [0.717, 1.165) is 0 Å². The fraction of sp³-hybridized carbons (Fsp3) is 0.750. The van der Waals surface area contributed by atoms with E-state index in [-0.39, 0.29) is 5.97 Å². The number of carbonyl (C=O) groups excluding carboxylic acids is 1. The zero-order valence-electron chi connectivity index (χ0n) is 13.5. The first-order chi connectivity index (χ1) is 9.35. The molecule has 0 aliphatic rings. The Balaban J connectivity index is 4.38. The minimum atomic E-state index is -1.28. The van der Waals surface area contributed by atoms with E-state index in [9.17, 15) is 4.79 Å². The SMILES string of the molecule is CC=CC(=O)OCCCC(O[SiH3])(O[SiH](C)C)O[SiH](C)C. The van der Waals surface area contributed by atoms with Gasteiger partial charge in [0.05, 0.1) is 6.61 Å². The van der Waals surface area contributed by atoms with Gasteiger partial charge in [-0.25, -0.2) is 4.79 Å². The van der Waals surface area contributed by atoms with E-state index in [0.29, 0.717) is 29.9 Å². The Morgan fingerprint density at radius 3 is 2.15 bits per heavy atom. The van der Waals surface area contributed by atoms with Crippen molar-refractivity contribution in [1.29, 1.82) is 0 Å². The normalized spacial score (nSPS) is 12.8. The molecule has 0 N–H and O–H groups in total. The van der Waals surface area contributed by atoms with E-state index in [1.165, 1.54) is 6.08 Å². The van der Waals surface area contributed by atoms with Gasteiger partial charge in [-0.05, 0) is 39.5 Å². The second kappa shape index (κ2) is 10.5.